The lowest BCUT2D eigenvalue weighted by Crippen LogP contribution is -1.99. The fourth-order valence-electron chi connectivity index (χ4n) is 3.18. The summed E-state index contributed by atoms with van der Waals surface area (Å²) in [6.07, 6.45) is 1.95. The van der Waals surface area contributed by atoms with E-state index in [1.807, 2.05) is 49.4 Å². The molecule has 1 heterocycles. The highest BCUT2D eigenvalue weighted by molar-refractivity contribution is 9.10. The first-order valence-corrected chi connectivity index (χ1v) is 9.62. The number of hydrogen-bond acceptors (Lipinski definition) is 2. The smallest absolute Gasteiger partial charge is 0.119 e. The van der Waals surface area contributed by atoms with E-state index in [1.165, 1.54) is 0 Å². The fourth-order valence-corrected chi connectivity index (χ4v) is 3.58. The first-order chi connectivity index (χ1) is 13.0. The van der Waals surface area contributed by atoms with E-state index in [-0.39, 0.29) is 0 Å². The zero-order valence-electron chi connectivity index (χ0n) is 15.7. The van der Waals surface area contributed by atoms with Crippen molar-refractivity contribution in [1.29, 1.82) is 5.26 Å². The molecule has 0 saturated carbocycles. The van der Waals surface area contributed by atoms with Crippen molar-refractivity contribution in [3.8, 4) is 17.5 Å². The van der Waals surface area contributed by atoms with Crippen molar-refractivity contribution in [2.45, 2.75) is 20.8 Å². The molecule has 136 valence electrons. The van der Waals surface area contributed by atoms with Crippen LogP contribution in [0.5, 0.6) is 5.75 Å². The van der Waals surface area contributed by atoms with Gasteiger partial charge in [0.15, 0.2) is 0 Å². The molecular formula is C23H21BrN2O. The van der Waals surface area contributed by atoms with Gasteiger partial charge in [0, 0.05) is 21.5 Å². The normalized spacial score (nSPS) is 11.3. The maximum absolute atomic E-state index is 9.64. The summed E-state index contributed by atoms with van der Waals surface area (Å²) in [5.41, 5.74) is 5.88. The molecule has 27 heavy (non-hydrogen) atoms. The summed E-state index contributed by atoms with van der Waals surface area (Å²) in [4.78, 5) is 0. The third kappa shape index (κ3) is 4.15. The molecule has 2 aromatic carbocycles. The van der Waals surface area contributed by atoms with Crippen molar-refractivity contribution in [3.63, 3.8) is 0 Å². The largest absolute Gasteiger partial charge is 0.494 e. The molecule has 0 bridgehead atoms. The number of ether oxygens (including phenoxy) is 1. The lowest BCUT2D eigenvalue weighted by Gasteiger charge is -2.11. The van der Waals surface area contributed by atoms with Crippen LogP contribution in [0.2, 0.25) is 0 Å². The Kier molecular flexibility index (Phi) is 5.83. The molecule has 3 nitrogen and oxygen atoms in total. The molecule has 0 atom stereocenters. The Morgan fingerprint density at radius 3 is 2.52 bits per heavy atom. The van der Waals surface area contributed by atoms with Crippen molar-refractivity contribution in [3.05, 3.63) is 81.6 Å². The molecule has 4 heteroatoms. The third-order valence-electron chi connectivity index (χ3n) is 4.43. The van der Waals surface area contributed by atoms with Gasteiger partial charge in [0.05, 0.1) is 18.2 Å². The van der Waals surface area contributed by atoms with Gasteiger partial charge >= 0.3 is 0 Å². The Morgan fingerprint density at radius 2 is 1.89 bits per heavy atom. The summed E-state index contributed by atoms with van der Waals surface area (Å²) >= 11 is 3.47. The van der Waals surface area contributed by atoms with E-state index in [2.05, 4.69) is 58.6 Å². The second-order valence-corrected chi connectivity index (χ2v) is 7.18. The highest BCUT2D eigenvalue weighted by Crippen LogP contribution is 2.27. The summed E-state index contributed by atoms with van der Waals surface area (Å²) in [5.74, 6) is 0.866. The number of nitriles is 1. The summed E-state index contributed by atoms with van der Waals surface area (Å²) in [7, 11) is 0. The number of nitrogens with zero attached hydrogens (tertiary/aromatic N) is 2. The van der Waals surface area contributed by atoms with E-state index in [4.69, 9.17) is 4.74 Å². The second kappa shape index (κ2) is 8.28. The van der Waals surface area contributed by atoms with Crippen LogP contribution in [0, 0.1) is 25.2 Å². The maximum Gasteiger partial charge on any atom is 0.119 e. The summed E-state index contributed by atoms with van der Waals surface area (Å²) in [5, 5.41) is 9.64. The third-order valence-corrected chi connectivity index (χ3v) is 4.93. The van der Waals surface area contributed by atoms with Gasteiger partial charge in [-0.15, -0.1) is 0 Å². The minimum absolute atomic E-state index is 0.642. The van der Waals surface area contributed by atoms with E-state index < -0.39 is 0 Å². The SMILES string of the molecule is CCOc1ccc(-n2c(C)cc(/C=C(/C#N)c3cccc(Br)c3)c2C)cc1. The zero-order chi connectivity index (χ0) is 19.4. The molecule has 0 fully saturated rings. The van der Waals surface area contributed by atoms with Crippen LogP contribution < -0.4 is 4.74 Å². The molecule has 3 rings (SSSR count). The average molecular weight is 421 g/mol. The van der Waals surface area contributed by atoms with Crippen LogP contribution in [0.15, 0.2) is 59.1 Å². The van der Waals surface area contributed by atoms with Gasteiger partial charge < -0.3 is 9.30 Å². The summed E-state index contributed by atoms with van der Waals surface area (Å²) in [6, 6.07) is 20.3. The molecule has 1 aromatic heterocycles. The molecular weight excluding hydrogens is 400 g/mol. The molecule has 0 amide bonds. The van der Waals surface area contributed by atoms with Gasteiger partial charge in [-0.25, -0.2) is 0 Å². The number of aromatic nitrogens is 1. The molecule has 3 aromatic rings. The molecule has 0 N–H and O–H groups in total. The number of aryl methyl sites for hydroxylation is 1. The first-order valence-electron chi connectivity index (χ1n) is 8.83. The molecule has 0 aliphatic carbocycles. The second-order valence-electron chi connectivity index (χ2n) is 6.27. The Bertz CT molecular complexity index is 1020. The van der Waals surface area contributed by atoms with Crippen LogP contribution >= 0.6 is 15.9 Å². The molecule has 0 aliphatic heterocycles. The van der Waals surface area contributed by atoms with Crippen molar-refractivity contribution < 1.29 is 4.74 Å². The van der Waals surface area contributed by atoms with Gasteiger partial charge in [-0.3, -0.25) is 0 Å². The van der Waals surface area contributed by atoms with Crippen molar-refractivity contribution in [2.24, 2.45) is 0 Å². The van der Waals surface area contributed by atoms with E-state index in [9.17, 15) is 5.26 Å². The Labute approximate surface area is 168 Å². The summed E-state index contributed by atoms with van der Waals surface area (Å²) in [6.45, 7) is 6.78. The van der Waals surface area contributed by atoms with Gasteiger partial charge in [0.2, 0.25) is 0 Å². The van der Waals surface area contributed by atoms with Gasteiger partial charge in [-0.1, -0.05) is 28.1 Å². The number of halogens is 1. The van der Waals surface area contributed by atoms with Crippen LogP contribution in [-0.2, 0) is 0 Å². The number of benzene rings is 2. The Morgan fingerprint density at radius 1 is 1.15 bits per heavy atom. The van der Waals surface area contributed by atoms with E-state index >= 15 is 0 Å². The average Bonchev–Trinajstić information content (AvgIpc) is 2.94. The zero-order valence-corrected chi connectivity index (χ0v) is 17.2. The van der Waals surface area contributed by atoms with Crippen LogP contribution in [0.4, 0.5) is 0 Å². The molecule has 0 unspecified atom stereocenters. The Hall–Kier alpha value is -2.77. The highest BCUT2D eigenvalue weighted by atomic mass is 79.9. The lowest BCUT2D eigenvalue weighted by atomic mass is 10.0. The topological polar surface area (TPSA) is 38.0 Å². The van der Waals surface area contributed by atoms with Crippen LogP contribution in [0.3, 0.4) is 0 Å². The maximum atomic E-state index is 9.64. The monoisotopic (exact) mass is 420 g/mol. The molecule has 0 aliphatic rings. The predicted octanol–water partition coefficient (Wildman–Crippen LogP) is 6.32. The number of allylic oxidation sites excluding steroid dienone is 1. The minimum Gasteiger partial charge on any atom is -0.494 e. The molecule has 0 radical (unpaired) electrons. The van der Waals surface area contributed by atoms with Gasteiger partial charge in [0.25, 0.3) is 0 Å². The van der Waals surface area contributed by atoms with E-state index in [0.717, 1.165) is 38.4 Å². The van der Waals surface area contributed by atoms with Crippen molar-refractivity contribution >= 4 is 27.6 Å². The van der Waals surface area contributed by atoms with E-state index in [0.29, 0.717) is 12.2 Å². The molecule has 0 spiro atoms. The quantitative estimate of drug-likeness (QED) is 0.452. The highest BCUT2D eigenvalue weighted by Gasteiger charge is 2.11. The van der Waals surface area contributed by atoms with Gasteiger partial charge in [-0.2, -0.15) is 5.26 Å². The van der Waals surface area contributed by atoms with Gasteiger partial charge in [0.1, 0.15) is 5.75 Å². The number of hydrogen-bond donors (Lipinski definition) is 0. The first kappa shape index (κ1) is 19.0. The lowest BCUT2D eigenvalue weighted by molar-refractivity contribution is 0.340. The Balaban J connectivity index is 2.01. The van der Waals surface area contributed by atoms with E-state index in [1.54, 1.807) is 0 Å². The minimum atomic E-state index is 0.642. The van der Waals surface area contributed by atoms with Gasteiger partial charge in [-0.05, 0) is 80.4 Å². The molecule has 0 saturated heterocycles. The van der Waals surface area contributed by atoms with Crippen molar-refractivity contribution in [2.75, 3.05) is 6.61 Å². The fraction of sp³-hybridized carbons (Fsp3) is 0.174. The standard InChI is InChI=1S/C23H21BrN2O/c1-4-27-23-10-8-22(9-11-23)26-16(2)12-19(17(26)3)13-20(15-25)18-6-5-7-21(24)14-18/h5-14H,4H2,1-3H3/b20-13-. The predicted molar refractivity (Wildman–Crippen MR) is 114 cm³/mol. The van der Waals surface area contributed by atoms with Crippen LogP contribution in [0.1, 0.15) is 29.4 Å². The van der Waals surface area contributed by atoms with Crippen LogP contribution in [0.25, 0.3) is 17.3 Å². The van der Waals surface area contributed by atoms with Crippen molar-refractivity contribution in [1.82, 2.24) is 4.57 Å². The summed E-state index contributed by atoms with van der Waals surface area (Å²) < 4.78 is 8.68. The number of rotatable bonds is 5. The van der Waals surface area contributed by atoms with Crippen LogP contribution in [-0.4, -0.2) is 11.2 Å².